The second-order valence-electron chi connectivity index (χ2n) is 4.72. The van der Waals surface area contributed by atoms with Crippen molar-refractivity contribution in [2.45, 2.75) is 31.3 Å². The molecule has 0 aromatic heterocycles. The molecule has 0 aliphatic carbocycles. The Kier molecular flexibility index (Phi) is 3.81. The number of rotatable bonds is 4. The molecule has 0 bridgehead atoms. The first-order chi connectivity index (χ1) is 8.58. The van der Waals surface area contributed by atoms with Crippen LogP contribution in [0.5, 0.6) is 0 Å². The number of primary amides is 1. The monoisotopic (exact) mass is 254 g/mol. The molecule has 100 valence electrons. The summed E-state index contributed by atoms with van der Waals surface area (Å²) in [5.41, 5.74) is 5.05. The van der Waals surface area contributed by atoms with Crippen LogP contribution < -0.4 is 16.4 Å². The van der Waals surface area contributed by atoms with Crippen LogP contribution in [-0.2, 0) is 14.4 Å². The molecule has 0 unspecified atom stereocenters. The van der Waals surface area contributed by atoms with Gasteiger partial charge in [-0.15, -0.1) is 0 Å². The van der Waals surface area contributed by atoms with Crippen molar-refractivity contribution in [3.05, 3.63) is 0 Å². The molecule has 7 nitrogen and oxygen atoms in total. The number of hydrogen-bond donors (Lipinski definition) is 3. The predicted octanol–water partition coefficient (Wildman–Crippen LogP) is -2.06. The summed E-state index contributed by atoms with van der Waals surface area (Å²) in [5, 5.41) is 5.81. The molecule has 18 heavy (non-hydrogen) atoms. The Bertz CT molecular complexity index is 365. The van der Waals surface area contributed by atoms with Gasteiger partial charge in [0.1, 0.15) is 6.04 Å². The zero-order chi connectivity index (χ0) is 13.1. The maximum Gasteiger partial charge on any atom is 0.245 e. The van der Waals surface area contributed by atoms with Gasteiger partial charge in [-0.2, -0.15) is 0 Å². The molecule has 2 atom stereocenters. The molecule has 0 radical (unpaired) electrons. The van der Waals surface area contributed by atoms with Crippen molar-refractivity contribution in [1.82, 2.24) is 15.5 Å². The van der Waals surface area contributed by atoms with E-state index in [2.05, 4.69) is 10.6 Å². The molecular formula is C11H18N4O3. The number of amides is 3. The van der Waals surface area contributed by atoms with Crippen molar-refractivity contribution in [2.24, 2.45) is 5.73 Å². The molecule has 0 spiro atoms. The van der Waals surface area contributed by atoms with Gasteiger partial charge in [0.05, 0.1) is 12.6 Å². The zero-order valence-electron chi connectivity index (χ0n) is 10.1. The molecular weight excluding hydrogens is 236 g/mol. The van der Waals surface area contributed by atoms with Crippen LogP contribution >= 0.6 is 0 Å². The topological polar surface area (TPSA) is 105 Å². The smallest absolute Gasteiger partial charge is 0.245 e. The second-order valence-corrected chi connectivity index (χ2v) is 4.72. The first-order valence-corrected chi connectivity index (χ1v) is 6.19. The van der Waals surface area contributed by atoms with E-state index < -0.39 is 11.9 Å². The van der Waals surface area contributed by atoms with Gasteiger partial charge in [0.15, 0.2) is 0 Å². The highest BCUT2D eigenvalue weighted by molar-refractivity contribution is 5.93. The fourth-order valence-electron chi connectivity index (χ4n) is 2.40. The van der Waals surface area contributed by atoms with Crippen LogP contribution in [0.3, 0.4) is 0 Å². The van der Waals surface area contributed by atoms with Crippen molar-refractivity contribution < 1.29 is 14.4 Å². The molecule has 2 aliphatic rings. The number of carbonyl (C=O) groups is 3. The molecule has 3 amide bonds. The zero-order valence-corrected chi connectivity index (χ0v) is 10.1. The minimum absolute atomic E-state index is 0.0765. The van der Waals surface area contributed by atoms with E-state index >= 15 is 0 Å². The maximum absolute atomic E-state index is 11.9. The summed E-state index contributed by atoms with van der Waals surface area (Å²) in [4.78, 5) is 35.9. The maximum atomic E-state index is 11.9. The molecule has 2 heterocycles. The lowest BCUT2D eigenvalue weighted by molar-refractivity contribution is -0.135. The largest absolute Gasteiger partial charge is 0.368 e. The summed E-state index contributed by atoms with van der Waals surface area (Å²) in [6.07, 6.45) is 2.31. The minimum Gasteiger partial charge on any atom is -0.368 e. The first-order valence-electron chi connectivity index (χ1n) is 6.19. The van der Waals surface area contributed by atoms with Gasteiger partial charge in [0.2, 0.25) is 17.7 Å². The summed E-state index contributed by atoms with van der Waals surface area (Å²) in [6, 6.07) is -0.706. The minimum atomic E-state index is -0.534. The third-order valence-electron chi connectivity index (χ3n) is 3.34. The van der Waals surface area contributed by atoms with E-state index in [0.29, 0.717) is 13.0 Å². The first kappa shape index (κ1) is 12.8. The number of nitrogens with one attached hydrogen (secondary N) is 2. The molecule has 4 N–H and O–H groups in total. The molecule has 7 heteroatoms. The number of hydrogen-bond acceptors (Lipinski definition) is 4. The van der Waals surface area contributed by atoms with Crippen molar-refractivity contribution in [3.8, 4) is 0 Å². The van der Waals surface area contributed by atoms with E-state index in [-0.39, 0.29) is 24.4 Å². The quantitative estimate of drug-likeness (QED) is 0.536. The van der Waals surface area contributed by atoms with Gasteiger partial charge in [-0.05, 0) is 25.8 Å². The average molecular weight is 254 g/mol. The van der Waals surface area contributed by atoms with Gasteiger partial charge in [-0.1, -0.05) is 0 Å². The lowest BCUT2D eigenvalue weighted by Crippen LogP contribution is -2.48. The summed E-state index contributed by atoms with van der Waals surface area (Å²) in [5.74, 6) is -0.889. The highest BCUT2D eigenvalue weighted by Gasteiger charge is 2.35. The second kappa shape index (κ2) is 5.34. The van der Waals surface area contributed by atoms with Gasteiger partial charge in [0.25, 0.3) is 0 Å². The number of nitrogens with zero attached hydrogens (tertiary/aromatic N) is 1. The van der Waals surface area contributed by atoms with Gasteiger partial charge in [-0.25, -0.2) is 0 Å². The number of nitrogens with two attached hydrogens (primary N) is 1. The van der Waals surface area contributed by atoms with Gasteiger partial charge < -0.3 is 21.3 Å². The van der Waals surface area contributed by atoms with Crippen LogP contribution in [0.1, 0.15) is 19.3 Å². The van der Waals surface area contributed by atoms with E-state index in [4.69, 9.17) is 5.73 Å². The van der Waals surface area contributed by atoms with E-state index in [9.17, 15) is 14.4 Å². The van der Waals surface area contributed by atoms with Crippen molar-refractivity contribution in [3.63, 3.8) is 0 Å². The number of carbonyl (C=O) groups excluding carboxylic acids is 3. The fourth-order valence-corrected chi connectivity index (χ4v) is 2.40. The Balaban J connectivity index is 1.85. The van der Waals surface area contributed by atoms with Gasteiger partial charge in [-0.3, -0.25) is 14.4 Å². The summed E-state index contributed by atoms with van der Waals surface area (Å²) in [7, 11) is 0. The van der Waals surface area contributed by atoms with E-state index in [1.807, 2.05) is 0 Å². The van der Waals surface area contributed by atoms with Gasteiger partial charge >= 0.3 is 0 Å². The van der Waals surface area contributed by atoms with Crippen LogP contribution in [0.4, 0.5) is 0 Å². The van der Waals surface area contributed by atoms with Crippen LogP contribution in [0, 0.1) is 0 Å². The van der Waals surface area contributed by atoms with Crippen molar-refractivity contribution >= 4 is 17.7 Å². The van der Waals surface area contributed by atoms with E-state index in [1.54, 1.807) is 0 Å². The number of likely N-dealkylation sites (tertiary alicyclic amines) is 1. The predicted molar refractivity (Wildman–Crippen MR) is 63.3 cm³/mol. The van der Waals surface area contributed by atoms with E-state index in [1.165, 1.54) is 4.90 Å². The Morgan fingerprint density at radius 1 is 1.44 bits per heavy atom. The molecule has 0 saturated carbocycles. The average Bonchev–Trinajstić information content (AvgIpc) is 2.93. The lowest BCUT2D eigenvalue weighted by atomic mass is 10.2. The SMILES string of the molecule is NC(=O)CN1CC[C@@H](NC(=O)[C@H]2CCCN2)C1=O. The Labute approximate surface area is 105 Å². The van der Waals surface area contributed by atoms with Crippen LogP contribution in [-0.4, -0.2) is 54.3 Å². The van der Waals surface area contributed by atoms with Crippen molar-refractivity contribution in [2.75, 3.05) is 19.6 Å². The molecule has 2 fully saturated rings. The van der Waals surface area contributed by atoms with Crippen LogP contribution in [0.15, 0.2) is 0 Å². The molecule has 2 rings (SSSR count). The van der Waals surface area contributed by atoms with Crippen molar-refractivity contribution in [1.29, 1.82) is 0 Å². The molecule has 2 aliphatic heterocycles. The third-order valence-corrected chi connectivity index (χ3v) is 3.34. The normalized spacial score (nSPS) is 27.6. The summed E-state index contributed by atoms with van der Waals surface area (Å²) in [6.45, 7) is 1.22. The highest BCUT2D eigenvalue weighted by Crippen LogP contribution is 2.12. The lowest BCUT2D eigenvalue weighted by Gasteiger charge is -2.17. The standard InChI is InChI=1S/C11H18N4O3/c12-9(16)6-15-5-3-8(11(15)18)14-10(17)7-2-1-4-13-7/h7-8,13H,1-6H2,(H2,12,16)(H,14,17)/t7-,8-/m1/s1. The Morgan fingerprint density at radius 2 is 2.22 bits per heavy atom. The fraction of sp³-hybridized carbons (Fsp3) is 0.727. The third kappa shape index (κ3) is 2.79. The molecule has 2 saturated heterocycles. The molecule has 0 aromatic carbocycles. The molecule has 0 aromatic rings. The highest BCUT2D eigenvalue weighted by atomic mass is 16.2. The summed E-state index contributed by atoms with van der Waals surface area (Å²) < 4.78 is 0. The van der Waals surface area contributed by atoms with Crippen LogP contribution in [0.25, 0.3) is 0 Å². The Morgan fingerprint density at radius 3 is 2.83 bits per heavy atom. The Hall–Kier alpha value is -1.63. The summed E-state index contributed by atoms with van der Waals surface area (Å²) >= 11 is 0. The van der Waals surface area contributed by atoms with Crippen LogP contribution in [0.2, 0.25) is 0 Å². The van der Waals surface area contributed by atoms with Gasteiger partial charge in [0, 0.05) is 6.54 Å². The van der Waals surface area contributed by atoms with E-state index in [0.717, 1.165) is 19.4 Å².